The number of ether oxygens (including phenoxy) is 4. The second-order valence-corrected chi connectivity index (χ2v) is 17.7. The van der Waals surface area contributed by atoms with Gasteiger partial charge in [-0.3, -0.25) is 0 Å². The summed E-state index contributed by atoms with van der Waals surface area (Å²) in [6, 6.07) is 0. The van der Waals surface area contributed by atoms with Gasteiger partial charge in [0, 0.05) is 25.1 Å². The molecular formula is C36H61NO6. The highest BCUT2D eigenvalue weighted by Gasteiger charge is 2.84. The van der Waals surface area contributed by atoms with Gasteiger partial charge in [-0.1, -0.05) is 34.6 Å². The van der Waals surface area contributed by atoms with Gasteiger partial charge >= 0.3 is 0 Å². The molecule has 2 spiro atoms. The molecular weight excluding hydrogens is 542 g/mol. The highest BCUT2D eigenvalue weighted by molar-refractivity contribution is 5.33. The van der Waals surface area contributed by atoms with Crippen molar-refractivity contribution >= 4 is 0 Å². The van der Waals surface area contributed by atoms with Crippen LogP contribution in [0.5, 0.6) is 0 Å². The number of rotatable bonds is 6. The largest absolute Gasteiger partial charge is 0.390 e. The number of hydrogen-bond acceptors (Lipinski definition) is 7. The van der Waals surface area contributed by atoms with Gasteiger partial charge in [0.2, 0.25) is 0 Å². The molecule has 0 aromatic rings. The third kappa shape index (κ3) is 4.10. The van der Waals surface area contributed by atoms with E-state index in [1.54, 1.807) is 0 Å². The van der Waals surface area contributed by atoms with Crippen molar-refractivity contribution in [2.75, 3.05) is 26.3 Å². The van der Waals surface area contributed by atoms with E-state index in [-0.39, 0.29) is 40.8 Å². The molecule has 0 radical (unpaired) electrons. The molecule has 7 rings (SSSR count). The predicted octanol–water partition coefficient (Wildman–Crippen LogP) is 5.31. The first-order valence-electron chi connectivity index (χ1n) is 17.8. The Morgan fingerprint density at radius 2 is 1.74 bits per heavy atom. The van der Waals surface area contributed by atoms with E-state index in [1.165, 1.54) is 38.5 Å². The van der Waals surface area contributed by atoms with Crippen molar-refractivity contribution in [2.24, 2.45) is 50.7 Å². The molecule has 14 atom stereocenters. The van der Waals surface area contributed by atoms with E-state index in [0.717, 1.165) is 32.5 Å². The van der Waals surface area contributed by atoms with Gasteiger partial charge in [-0.05, 0) is 117 Å². The number of hydrogen-bond donors (Lipinski definition) is 3. The van der Waals surface area contributed by atoms with Gasteiger partial charge in [-0.2, -0.15) is 0 Å². The molecule has 246 valence electrons. The van der Waals surface area contributed by atoms with Crippen LogP contribution in [0.2, 0.25) is 0 Å². The Morgan fingerprint density at radius 3 is 2.42 bits per heavy atom. The standard InChI is InChI=1S/C36H61NO6/c1-9-40-30(32(5,6)39)22-18-21(2)27-28(42-22)29(38)34(8)24-11-10-23-31(3,4)25(43-26-19-37-16-17-41-26)12-13-35(23)20-36(24,35)15-14-33(27,34)7/h21-30,37-39H,9-20H2,1-8H3/t21-,22-,23+,24+,25+,26+,27+,28+,29+,30+,33-,34-,35?,36+/m1/s1. The molecule has 0 aromatic heterocycles. The van der Waals surface area contributed by atoms with Crippen LogP contribution in [0.25, 0.3) is 0 Å². The molecule has 3 N–H and O–H groups in total. The van der Waals surface area contributed by atoms with Crippen LogP contribution in [0.1, 0.15) is 107 Å². The molecule has 2 heterocycles. The van der Waals surface area contributed by atoms with E-state index in [2.05, 4.69) is 39.9 Å². The SMILES string of the molecule is CCO[C@@H]([C@H]1C[C@@H](C)[C@H]2[C@H](O1)[C@H](O)[C@@]1(C)[C@@H]3CC[C@H]4C(C)(C)[C@@H](O[C@H]5CNCCO5)CCC45C[C@@]35CC[C@]21C)C(C)(C)O. The minimum Gasteiger partial charge on any atom is -0.390 e. The molecule has 5 saturated carbocycles. The average Bonchev–Trinajstić information content (AvgIpc) is 3.58. The van der Waals surface area contributed by atoms with Gasteiger partial charge in [-0.15, -0.1) is 0 Å². The van der Waals surface area contributed by atoms with Crippen LogP contribution in [-0.4, -0.2) is 78.9 Å². The third-order valence-corrected chi connectivity index (χ3v) is 15.4. The second kappa shape index (κ2) is 10.1. The van der Waals surface area contributed by atoms with Crippen LogP contribution >= 0.6 is 0 Å². The molecule has 7 fully saturated rings. The molecule has 43 heavy (non-hydrogen) atoms. The molecule has 7 nitrogen and oxygen atoms in total. The van der Waals surface area contributed by atoms with Crippen molar-refractivity contribution in [1.29, 1.82) is 0 Å². The molecule has 5 aliphatic carbocycles. The van der Waals surface area contributed by atoms with Crippen LogP contribution in [0, 0.1) is 50.7 Å². The summed E-state index contributed by atoms with van der Waals surface area (Å²) < 4.78 is 25.7. The Hall–Kier alpha value is -0.280. The van der Waals surface area contributed by atoms with Gasteiger partial charge in [0.05, 0.1) is 36.6 Å². The first-order chi connectivity index (χ1) is 20.2. The number of aliphatic hydroxyl groups is 2. The Kier molecular flexibility index (Phi) is 7.37. The lowest BCUT2D eigenvalue weighted by Gasteiger charge is -2.64. The van der Waals surface area contributed by atoms with Crippen molar-refractivity contribution < 1.29 is 29.2 Å². The lowest BCUT2D eigenvalue weighted by molar-refractivity contribution is -0.237. The summed E-state index contributed by atoms with van der Waals surface area (Å²) in [4.78, 5) is 0. The molecule has 2 saturated heterocycles. The monoisotopic (exact) mass is 603 g/mol. The van der Waals surface area contributed by atoms with Crippen LogP contribution in [0.4, 0.5) is 0 Å². The highest BCUT2D eigenvalue weighted by Crippen LogP contribution is 2.89. The molecule has 0 amide bonds. The molecule has 7 heteroatoms. The number of aliphatic hydroxyl groups excluding tert-OH is 1. The zero-order chi connectivity index (χ0) is 30.8. The summed E-state index contributed by atoms with van der Waals surface area (Å²) in [6.45, 7) is 20.9. The summed E-state index contributed by atoms with van der Waals surface area (Å²) >= 11 is 0. The average molecular weight is 604 g/mol. The quantitative estimate of drug-likeness (QED) is 0.379. The number of fused-ring (bicyclic) bond motifs is 4. The van der Waals surface area contributed by atoms with E-state index in [9.17, 15) is 10.2 Å². The number of morpholine rings is 1. The highest BCUT2D eigenvalue weighted by atomic mass is 16.7. The minimum atomic E-state index is -1.00. The predicted molar refractivity (Wildman–Crippen MR) is 165 cm³/mol. The molecule has 0 bridgehead atoms. The van der Waals surface area contributed by atoms with Gasteiger partial charge in [0.25, 0.3) is 0 Å². The second-order valence-electron chi connectivity index (χ2n) is 17.7. The smallest absolute Gasteiger partial charge is 0.170 e. The van der Waals surface area contributed by atoms with Crippen LogP contribution < -0.4 is 5.32 Å². The maximum absolute atomic E-state index is 12.5. The van der Waals surface area contributed by atoms with E-state index in [0.29, 0.717) is 41.1 Å². The summed E-state index contributed by atoms with van der Waals surface area (Å²) in [5.74, 6) is 1.89. The Labute approximate surface area is 260 Å². The van der Waals surface area contributed by atoms with Gasteiger partial charge < -0.3 is 34.5 Å². The lowest BCUT2D eigenvalue weighted by atomic mass is 9.41. The van der Waals surface area contributed by atoms with E-state index in [4.69, 9.17) is 18.9 Å². The maximum atomic E-state index is 12.5. The maximum Gasteiger partial charge on any atom is 0.170 e. The minimum absolute atomic E-state index is 0.0327. The summed E-state index contributed by atoms with van der Waals surface area (Å²) in [5, 5.41) is 27.0. The van der Waals surface area contributed by atoms with Crippen LogP contribution in [-0.2, 0) is 18.9 Å². The van der Waals surface area contributed by atoms with Crippen molar-refractivity contribution in [3.05, 3.63) is 0 Å². The molecule has 2 aliphatic heterocycles. The van der Waals surface area contributed by atoms with Gasteiger partial charge in [0.15, 0.2) is 6.29 Å². The third-order valence-electron chi connectivity index (χ3n) is 15.4. The lowest BCUT2D eigenvalue weighted by Crippen LogP contribution is -2.60. The molecule has 1 unspecified atom stereocenters. The van der Waals surface area contributed by atoms with Crippen LogP contribution in [0.15, 0.2) is 0 Å². The topological polar surface area (TPSA) is 89.4 Å². The van der Waals surface area contributed by atoms with Crippen molar-refractivity contribution in [3.63, 3.8) is 0 Å². The van der Waals surface area contributed by atoms with Crippen LogP contribution in [0.3, 0.4) is 0 Å². The van der Waals surface area contributed by atoms with Gasteiger partial charge in [-0.25, -0.2) is 0 Å². The van der Waals surface area contributed by atoms with E-state index in [1.807, 2.05) is 20.8 Å². The zero-order valence-electron chi connectivity index (χ0n) is 28.3. The Morgan fingerprint density at radius 1 is 1.02 bits per heavy atom. The van der Waals surface area contributed by atoms with Crippen molar-refractivity contribution in [3.8, 4) is 0 Å². The summed E-state index contributed by atoms with van der Waals surface area (Å²) in [5.41, 5.74) is -0.354. The summed E-state index contributed by atoms with van der Waals surface area (Å²) in [7, 11) is 0. The fourth-order valence-corrected chi connectivity index (χ4v) is 13.5. The first kappa shape index (κ1) is 31.3. The molecule has 0 aromatic carbocycles. The zero-order valence-corrected chi connectivity index (χ0v) is 28.3. The normalized spacial score (nSPS) is 54.4. The Bertz CT molecular complexity index is 1070. The Balaban J connectivity index is 1.16. The van der Waals surface area contributed by atoms with Crippen molar-refractivity contribution in [1.82, 2.24) is 5.32 Å². The van der Waals surface area contributed by atoms with E-state index < -0.39 is 17.8 Å². The van der Waals surface area contributed by atoms with Gasteiger partial charge in [0.1, 0.15) is 6.10 Å². The fraction of sp³-hybridized carbons (Fsp3) is 1.00. The molecule has 7 aliphatic rings. The van der Waals surface area contributed by atoms with E-state index >= 15 is 0 Å². The first-order valence-corrected chi connectivity index (χ1v) is 17.8. The summed E-state index contributed by atoms with van der Waals surface area (Å²) in [6.07, 6.45) is 8.19. The number of nitrogens with one attached hydrogen (secondary N) is 1. The fourth-order valence-electron chi connectivity index (χ4n) is 13.5. The van der Waals surface area contributed by atoms with Crippen molar-refractivity contribution in [2.45, 2.75) is 149 Å².